The number of thioether (sulfide) groups is 1. The standard InChI is InChI=1S/C20H26N2O3S/c1-14(2)25-18-8-7-17(10-19(18)24-4)15(3)22-20(23)13-26-12-16-6-5-9-21-11-16/h5-11,14-15H,12-13H2,1-4H3,(H,22,23). The fraction of sp³-hybridized carbons (Fsp3) is 0.400. The molecule has 0 aliphatic heterocycles. The van der Waals surface area contributed by atoms with Crippen LogP contribution in [-0.2, 0) is 10.5 Å². The first kappa shape index (κ1) is 20.1. The summed E-state index contributed by atoms with van der Waals surface area (Å²) in [6, 6.07) is 9.54. The van der Waals surface area contributed by atoms with Crippen LogP contribution in [0.5, 0.6) is 11.5 Å². The topological polar surface area (TPSA) is 60.5 Å². The maximum atomic E-state index is 12.2. The van der Waals surface area contributed by atoms with Crippen molar-refractivity contribution in [3.63, 3.8) is 0 Å². The van der Waals surface area contributed by atoms with E-state index in [-0.39, 0.29) is 18.1 Å². The number of aromatic nitrogens is 1. The molecule has 0 aliphatic rings. The highest BCUT2D eigenvalue weighted by molar-refractivity contribution is 7.99. The molecule has 0 fully saturated rings. The number of benzene rings is 1. The Morgan fingerprint density at radius 1 is 1.23 bits per heavy atom. The Balaban J connectivity index is 1.87. The van der Waals surface area contributed by atoms with E-state index in [1.807, 2.05) is 57.3 Å². The number of nitrogens with zero attached hydrogens (tertiary/aromatic N) is 1. The van der Waals surface area contributed by atoms with Crippen molar-refractivity contribution in [3.05, 3.63) is 53.9 Å². The van der Waals surface area contributed by atoms with Crippen LogP contribution in [0.1, 0.15) is 37.9 Å². The molecule has 5 nitrogen and oxygen atoms in total. The molecule has 140 valence electrons. The van der Waals surface area contributed by atoms with Gasteiger partial charge in [-0.15, -0.1) is 11.8 Å². The summed E-state index contributed by atoms with van der Waals surface area (Å²) in [6.07, 6.45) is 3.64. The summed E-state index contributed by atoms with van der Waals surface area (Å²) in [6.45, 7) is 5.90. The van der Waals surface area contributed by atoms with E-state index >= 15 is 0 Å². The van der Waals surface area contributed by atoms with E-state index in [1.54, 1.807) is 25.1 Å². The van der Waals surface area contributed by atoms with Gasteiger partial charge >= 0.3 is 0 Å². The van der Waals surface area contributed by atoms with Crippen molar-refractivity contribution in [1.29, 1.82) is 0 Å². The molecular weight excluding hydrogens is 348 g/mol. The highest BCUT2D eigenvalue weighted by Crippen LogP contribution is 2.31. The zero-order valence-corrected chi connectivity index (χ0v) is 16.5. The minimum absolute atomic E-state index is 0.00728. The molecule has 1 aromatic heterocycles. The van der Waals surface area contributed by atoms with Crippen LogP contribution in [0.25, 0.3) is 0 Å². The average molecular weight is 375 g/mol. The van der Waals surface area contributed by atoms with Crippen LogP contribution in [0.15, 0.2) is 42.7 Å². The Bertz CT molecular complexity index is 707. The second-order valence-electron chi connectivity index (χ2n) is 6.22. The Labute approximate surface area is 159 Å². The van der Waals surface area contributed by atoms with Gasteiger partial charge in [-0.3, -0.25) is 9.78 Å². The van der Waals surface area contributed by atoms with Crippen LogP contribution in [0, 0.1) is 0 Å². The predicted molar refractivity (Wildman–Crippen MR) is 106 cm³/mol. The summed E-state index contributed by atoms with van der Waals surface area (Å²) in [5, 5.41) is 3.02. The van der Waals surface area contributed by atoms with E-state index < -0.39 is 0 Å². The number of carbonyl (C=O) groups excluding carboxylic acids is 1. The summed E-state index contributed by atoms with van der Waals surface area (Å²) in [4.78, 5) is 16.3. The average Bonchev–Trinajstić information content (AvgIpc) is 2.62. The van der Waals surface area contributed by atoms with Gasteiger partial charge in [0, 0.05) is 18.1 Å². The van der Waals surface area contributed by atoms with Crippen molar-refractivity contribution < 1.29 is 14.3 Å². The van der Waals surface area contributed by atoms with E-state index in [0.29, 0.717) is 17.3 Å². The van der Waals surface area contributed by atoms with Gasteiger partial charge in [0.05, 0.1) is 25.0 Å². The third-order valence-electron chi connectivity index (χ3n) is 3.65. The minimum atomic E-state index is -0.108. The number of methoxy groups -OCH3 is 1. The third kappa shape index (κ3) is 6.26. The molecule has 1 heterocycles. The molecule has 0 spiro atoms. The number of carbonyl (C=O) groups is 1. The molecule has 6 heteroatoms. The monoisotopic (exact) mass is 374 g/mol. The second kappa shape index (κ2) is 10.1. The molecule has 0 radical (unpaired) electrons. The number of nitrogens with one attached hydrogen (secondary N) is 1. The molecule has 2 aromatic rings. The van der Waals surface area contributed by atoms with Crippen molar-refractivity contribution in [2.24, 2.45) is 0 Å². The largest absolute Gasteiger partial charge is 0.493 e. The summed E-state index contributed by atoms with van der Waals surface area (Å²) in [5.74, 6) is 2.56. The van der Waals surface area contributed by atoms with Gasteiger partial charge in [-0.05, 0) is 50.1 Å². The quantitative estimate of drug-likeness (QED) is 0.719. The lowest BCUT2D eigenvalue weighted by molar-refractivity contribution is -0.119. The van der Waals surface area contributed by atoms with Crippen LogP contribution in [0.4, 0.5) is 0 Å². The normalized spacial score (nSPS) is 11.9. The molecule has 1 N–H and O–H groups in total. The molecule has 2 rings (SSSR count). The summed E-state index contributed by atoms with van der Waals surface area (Å²) in [5.41, 5.74) is 2.09. The lowest BCUT2D eigenvalue weighted by Crippen LogP contribution is -2.28. The van der Waals surface area contributed by atoms with E-state index in [9.17, 15) is 4.79 Å². The van der Waals surface area contributed by atoms with Gasteiger partial charge in [0.2, 0.25) is 5.91 Å². The molecule has 26 heavy (non-hydrogen) atoms. The zero-order valence-electron chi connectivity index (χ0n) is 15.7. The molecule has 0 saturated carbocycles. The van der Waals surface area contributed by atoms with Gasteiger partial charge in [0.15, 0.2) is 11.5 Å². The molecule has 0 aliphatic carbocycles. The second-order valence-corrected chi connectivity index (χ2v) is 7.21. The van der Waals surface area contributed by atoms with Gasteiger partial charge in [-0.1, -0.05) is 12.1 Å². The number of ether oxygens (including phenoxy) is 2. The SMILES string of the molecule is COc1cc(C(C)NC(=O)CSCc2cccnc2)ccc1OC(C)C. The van der Waals surface area contributed by atoms with E-state index in [0.717, 1.165) is 16.9 Å². The molecule has 1 unspecified atom stereocenters. The zero-order chi connectivity index (χ0) is 18.9. The fourth-order valence-electron chi connectivity index (χ4n) is 2.42. The van der Waals surface area contributed by atoms with Gasteiger partial charge in [0.25, 0.3) is 0 Å². The Morgan fingerprint density at radius 3 is 2.69 bits per heavy atom. The first-order chi connectivity index (χ1) is 12.5. The van der Waals surface area contributed by atoms with Gasteiger partial charge in [-0.2, -0.15) is 0 Å². The van der Waals surface area contributed by atoms with Crippen molar-refractivity contribution in [1.82, 2.24) is 10.3 Å². The molecular formula is C20H26N2O3S. The molecule has 1 atom stereocenters. The number of pyridine rings is 1. The van der Waals surface area contributed by atoms with Gasteiger partial charge in [0.1, 0.15) is 0 Å². The fourth-order valence-corrected chi connectivity index (χ4v) is 3.19. The van der Waals surface area contributed by atoms with Crippen LogP contribution >= 0.6 is 11.8 Å². The first-order valence-corrected chi connectivity index (χ1v) is 9.75. The van der Waals surface area contributed by atoms with E-state index in [2.05, 4.69) is 10.3 Å². The van der Waals surface area contributed by atoms with E-state index in [4.69, 9.17) is 9.47 Å². The number of amides is 1. The highest BCUT2D eigenvalue weighted by Gasteiger charge is 2.13. The van der Waals surface area contributed by atoms with Crippen molar-refractivity contribution >= 4 is 17.7 Å². The number of rotatable bonds is 9. The molecule has 1 amide bonds. The summed E-state index contributed by atoms with van der Waals surface area (Å²) < 4.78 is 11.1. The van der Waals surface area contributed by atoms with Crippen LogP contribution in [0.3, 0.4) is 0 Å². The number of hydrogen-bond donors (Lipinski definition) is 1. The third-order valence-corrected chi connectivity index (χ3v) is 4.66. The maximum absolute atomic E-state index is 12.2. The smallest absolute Gasteiger partial charge is 0.230 e. The summed E-state index contributed by atoms with van der Waals surface area (Å²) in [7, 11) is 1.62. The Kier molecular flexibility index (Phi) is 7.78. The van der Waals surface area contributed by atoms with Crippen molar-refractivity contribution in [2.45, 2.75) is 38.7 Å². The van der Waals surface area contributed by atoms with E-state index in [1.165, 1.54) is 0 Å². The first-order valence-electron chi connectivity index (χ1n) is 8.60. The van der Waals surface area contributed by atoms with Gasteiger partial charge in [-0.25, -0.2) is 0 Å². The summed E-state index contributed by atoms with van der Waals surface area (Å²) >= 11 is 1.57. The van der Waals surface area contributed by atoms with Crippen molar-refractivity contribution in [3.8, 4) is 11.5 Å². The minimum Gasteiger partial charge on any atom is -0.493 e. The predicted octanol–water partition coefficient (Wildman–Crippen LogP) is 3.99. The van der Waals surface area contributed by atoms with Crippen LogP contribution in [-0.4, -0.2) is 29.9 Å². The molecule has 1 aromatic carbocycles. The lowest BCUT2D eigenvalue weighted by Gasteiger charge is -2.18. The highest BCUT2D eigenvalue weighted by atomic mass is 32.2. The molecule has 0 saturated heterocycles. The Hall–Kier alpha value is -2.21. The van der Waals surface area contributed by atoms with Crippen LogP contribution in [0.2, 0.25) is 0 Å². The van der Waals surface area contributed by atoms with Gasteiger partial charge < -0.3 is 14.8 Å². The maximum Gasteiger partial charge on any atom is 0.230 e. The molecule has 0 bridgehead atoms. The van der Waals surface area contributed by atoms with Crippen molar-refractivity contribution in [2.75, 3.05) is 12.9 Å². The number of hydrogen-bond acceptors (Lipinski definition) is 5. The van der Waals surface area contributed by atoms with Crippen LogP contribution < -0.4 is 14.8 Å². The lowest BCUT2D eigenvalue weighted by atomic mass is 10.1. The Morgan fingerprint density at radius 2 is 2.04 bits per heavy atom.